The van der Waals surface area contributed by atoms with Crippen LogP contribution in [0.5, 0.6) is 5.75 Å². The fraction of sp³-hybridized carbons (Fsp3) is 0.458. The van der Waals surface area contributed by atoms with E-state index in [1.165, 1.54) is 4.31 Å². The lowest BCUT2D eigenvalue weighted by molar-refractivity contribution is -0.143. The van der Waals surface area contributed by atoms with E-state index in [4.69, 9.17) is 4.74 Å². The molecule has 32 heavy (non-hydrogen) atoms. The van der Waals surface area contributed by atoms with Gasteiger partial charge in [-0.1, -0.05) is 44.2 Å². The van der Waals surface area contributed by atoms with Gasteiger partial charge in [-0.05, 0) is 54.3 Å². The van der Waals surface area contributed by atoms with Gasteiger partial charge in [0.05, 0.1) is 24.0 Å². The van der Waals surface area contributed by atoms with Crippen LogP contribution in [0.1, 0.15) is 38.3 Å². The summed E-state index contributed by atoms with van der Waals surface area (Å²) in [6.07, 6.45) is 1.44. The molecule has 1 heterocycles. The summed E-state index contributed by atoms with van der Waals surface area (Å²) >= 11 is 1.65. The molecule has 0 aromatic heterocycles. The van der Waals surface area contributed by atoms with Crippen molar-refractivity contribution in [3.63, 3.8) is 0 Å². The molecule has 6 nitrogen and oxygen atoms in total. The molecule has 1 aliphatic heterocycles. The molecule has 0 saturated carbocycles. The Hall–Kier alpha value is -2.03. The molecule has 1 N–H and O–H groups in total. The summed E-state index contributed by atoms with van der Waals surface area (Å²) in [5.41, 5.74) is 0.837. The van der Waals surface area contributed by atoms with Crippen LogP contribution in [0.2, 0.25) is 0 Å². The predicted molar refractivity (Wildman–Crippen MR) is 128 cm³/mol. The smallest absolute Gasteiger partial charge is 0.308 e. The number of nitrogens with zero attached hydrogens (tertiary/aromatic N) is 1. The molecule has 3 rings (SSSR count). The number of ether oxygens (including phenoxy) is 1. The van der Waals surface area contributed by atoms with Crippen LogP contribution in [-0.2, 0) is 14.8 Å². The van der Waals surface area contributed by atoms with E-state index in [1.807, 2.05) is 24.3 Å². The molecular formula is C24H31NO5S2. The first-order valence-electron chi connectivity index (χ1n) is 10.8. The predicted octanol–water partition coefficient (Wildman–Crippen LogP) is 4.68. The minimum Gasteiger partial charge on any atom is -0.497 e. The number of thioether (sulfide) groups is 1. The number of benzene rings is 2. The zero-order chi connectivity index (χ0) is 23.3. The van der Waals surface area contributed by atoms with Gasteiger partial charge >= 0.3 is 5.97 Å². The van der Waals surface area contributed by atoms with Crippen molar-refractivity contribution in [2.45, 2.75) is 42.9 Å². The highest BCUT2D eigenvalue weighted by Gasteiger charge is 2.45. The maximum Gasteiger partial charge on any atom is 0.308 e. The van der Waals surface area contributed by atoms with E-state index < -0.39 is 28.0 Å². The molecule has 0 aliphatic carbocycles. The highest BCUT2D eigenvalue weighted by Crippen LogP contribution is 2.42. The maximum atomic E-state index is 13.6. The van der Waals surface area contributed by atoms with Crippen LogP contribution in [0.4, 0.5) is 0 Å². The number of rotatable bonds is 9. The number of methoxy groups -OCH3 is 1. The van der Waals surface area contributed by atoms with Gasteiger partial charge in [-0.2, -0.15) is 16.1 Å². The Morgan fingerprint density at radius 1 is 1.16 bits per heavy atom. The Bertz CT molecular complexity index is 993. The molecule has 2 aromatic carbocycles. The first-order chi connectivity index (χ1) is 15.2. The van der Waals surface area contributed by atoms with Gasteiger partial charge in [0.1, 0.15) is 5.75 Å². The number of piperidine rings is 1. The second kappa shape index (κ2) is 10.7. The summed E-state index contributed by atoms with van der Waals surface area (Å²) < 4.78 is 33.8. The standard InChI is InChI=1S/C24H31NO5S2/c1-17(2)13-14-31-23-15-22(18-9-11-19(30-3)12-10-18)25(16-21(23)24(26)27)32(28,29)20-7-5-4-6-8-20/h4-12,17,21-23H,13-16H2,1-3H3,(H,26,27)/t21-,22+,23-/m1/s1. The molecule has 0 bridgehead atoms. The highest BCUT2D eigenvalue weighted by atomic mass is 32.2. The second-order valence-electron chi connectivity index (χ2n) is 8.45. The van der Waals surface area contributed by atoms with E-state index in [9.17, 15) is 18.3 Å². The van der Waals surface area contributed by atoms with Gasteiger partial charge in [0.2, 0.25) is 10.0 Å². The van der Waals surface area contributed by atoms with Crippen molar-refractivity contribution in [2.24, 2.45) is 11.8 Å². The molecular weight excluding hydrogens is 446 g/mol. The van der Waals surface area contributed by atoms with Gasteiger partial charge in [0.15, 0.2) is 0 Å². The Morgan fingerprint density at radius 2 is 1.81 bits per heavy atom. The van der Waals surface area contributed by atoms with Gasteiger partial charge < -0.3 is 9.84 Å². The summed E-state index contributed by atoms with van der Waals surface area (Å²) in [4.78, 5) is 12.3. The van der Waals surface area contributed by atoms with Crippen LogP contribution >= 0.6 is 11.8 Å². The van der Waals surface area contributed by atoms with Gasteiger partial charge in [-0.15, -0.1) is 0 Å². The minimum atomic E-state index is -3.87. The third-order valence-electron chi connectivity index (χ3n) is 5.82. The molecule has 0 amide bonds. The molecule has 1 fully saturated rings. The fourth-order valence-corrected chi connectivity index (χ4v) is 7.27. The van der Waals surface area contributed by atoms with Crippen molar-refractivity contribution >= 4 is 27.8 Å². The van der Waals surface area contributed by atoms with Crippen LogP contribution in [0.25, 0.3) is 0 Å². The van der Waals surface area contributed by atoms with E-state index in [2.05, 4.69) is 13.8 Å². The summed E-state index contributed by atoms with van der Waals surface area (Å²) in [5.74, 6) is 0.357. The third kappa shape index (κ3) is 5.66. The van der Waals surface area contributed by atoms with Crippen molar-refractivity contribution in [1.29, 1.82) is 0 Å². The average molecular weight is 478 g/mol. The Morgan fingerprint density at radius 3 is 2.38 bits per heavy atom. The quantitative estimate of drug-likeness (QED) is 0.565. The van der Waals surface area contributed by atoms with Crippen molar-refractivity contribution in [3.05, 3.63) is 60.2 Å². The van der Waals surface area contributed by atoms with Crippen molar-refractivity contribution in [1.82, 2.24) is 4.31 Å². The summed E-state index contributed by atoms with van der Waals surface area (Å²) in [5, 5.41) is 9.78. The van der Waals surface area contributed by atoms with E-state index >= 15 is 0 Å². The van der Waals surface area contributed by atoms with Gasteiger partial charge in [-0.3, -0.25) is 4.79 Å². The molecule has 0 unspecified atom stereocenters. The minimum absolute atomic E-state index is 0.0530. The number of carboxylic acid groups (broad SMARTS) is 1. The number of sulfonamides is 1. The van der Waals surface area contributed by atoms with E-state index in [-0.39, 0.29) is 16.7 Å². The lowest BCUT2D eigenvalue weighted by Gasteiger charge is -2.42. The van der Waals surface area contributed by atoms with E-state index in [0.717, 1.165) is 17.7 Å². The zero-order valence-corrected chi connectivity index (χ0v) is 20.3. The van der Waals surface area contributed by atoms with Crippen LogP contribution in [0.3, 0.4) is 0 Å². The molecule has 1 saturated heterocycles. The lowest BCUT2D eigenvalue weighted by Crippen LogP contribution is -2.49. The van der Waals surface area contributed by atoms with Crippen molar-refractivity contribution in [3.8, 4) is 5.75 Å². The van der Waals surface area contributed by atoms with Crippen molar-refractivity contribution < 1.29 is 23.1 Å². The van der Waals surface area contributed by atoms with E-state index in [1.54, 1.807) is 49.2 Å². The van der Waals surface area contributed by atoms with Gasteiger partial charge in [-0.25, -0.2) is 8.42 Å². The molecule has 3 atom stereocenters. The Balaban J connectivity index is 1.99. The monoisotopic (exact) mass is 477 g/mol. The largest absolute Gasteiger partial charge is 0.497 e. The number of hydrogen-bond acceptors (Lipinski definition) is 5. The lowest BCUT2D eigenvalue weighted by atomic mass is 9.90. The molecule has 174 valence electrons. The van der Waals surface area contributed by atoms with Crippen molar-refractivity contribution in [2.75, 3.05) is 19.4 Å². The fourth-order valence-electron chi connectivity index (χ4n) is 3.94. The SMILES string of the molecule is COc1ccc([C@@H]2C[C@@H](SCCC(C)C)[C@H](C(=O)O)CN2S(=O)(=O)c2ccccc2)cc1. The normalized spacial score (nSPS) is 22.1. The molecule has 2 aromatic rings. The molecule has 8 heteroatoms. The average Bonchev–Trinajstić information content (AvgIpc) is 2.79. The number of carboxylic acids is 1. The summed E-state index contributed by atoms with van der Waals surface area (Å²) in [7, 11) is -2.29. The van der Waals surface area contributed by atoms with Crippen LogP contribution in [-0.4, -0.2) is 48.5 Å². The molecule has 0 spiro atoms. The van der Waals surface area contributed by atoms with Crippen LogP contribution in [0, 0.1) is 11.8 Å². The van der Waals surface area contributed by atoms with Gasteiger partial charge in [0.25, 0.3) is 0 Å². The molecule has 1 aliphatic rings. The second-order valence-corrected chi connectivity index (χ2v) is 11.7. The maximum absolute atomic E-state index is 13.6. The van der Waals surface area contributed by atoms with E-state index in [0.29, 0.717) is 18.1 Å². The summed E-state index contributed by atoms with van der Waals surface area (Å²) in [6.45, 7) is 4.23. The topological polar surface area (TPSA) is 83.9 Å². The highest BCUT2D eigenvalue weighted by molar-refractivity contribution is 7.99. The van der Waals surface area contributed by atoms with Crippen LogP contribution < -0.4 is 4.74 Å². The number of hydrogen-bond donors (Lipinski definition) is 1. The number of carbonyl (C=O) groups is 1. The zero-order valence-electron chi connectivity index (χ0n) is 18.7. The first kappa shape index (κ1) is 24.6. The Kier molecular flexibility index (Phi) is 8.25. The third-order valence-corrected chi connectivity index (χ3v) is 9.13. The molecule has 0 radical (unpaired) electrons. The summed E-state index contributed by atoms with van der Waals surface area (Å²) in [6, 6.07) is 15.1. The van der Waals surface area contributed by atoms with Gasteiger partial charge in [0, 0.05) is 11.8 Å². The Labute approximate surface area is 195 Å². The first-order valence-corrected chi connectivity index (χ1v) is 13.3. The number of aliphatic carboxylic acids is 1. The van der Waals surface area contributed by atoms with Crippen LogP contribution in [0.15, 0.2) is 59.5 Å².